The first-order valence-corrected chi connectivity index (χ1v) is 5.39. The maximum atomic E-state index is 8.64. The second-order valence-corrected chi connectivity index (χ2v) is 3.64. The number of aliphatic hydroxyl groups excluding tert-OH is 1. The lowest BCUT2D eigenvalue weighted by molar-refractivity contribution is 0.276. The third kappa shape index (κ3) is 7.87. The topological polar surface area (TPSA) is 20.2 Å². The van der Waals surface area contributed by atoms with Crippen LogP contribution < -0.4 is 0 Å². The van der Waals surface area contributed by atoms with E-state index in [1.807, 2.05) is 0 Å². The molecule has 0 amide bonds. The van der Waals surface area contributed by atoms with Gasteiger partial charge in [0.05, 0.1) is 0 Å². The molecule has 1 unspecified atom stereocenters. The van der Waals surface area contributed by atoms with Gasteiger partial charge in [0.2, 0.25) is 0 Å². The third-order valence-electron chi connectivity index (χ3n) is 2.39. The highest BCUT2D eigenvalue weighted by Crippen LogP contribution is 2.18. The van der Waals surface area contributed by atoms with Crippen LogP contribution in [0.2, 0.25) is 0 Å². The molecule has 0 rings (SSSR count). The van der Waals surface area contributed by atoms with Crippen molar-refractivity contribution >= 4 is 0 Å². The summed E-state index contributed by atoms with van der Waals surface area (Å²) in [7, 11) is 0. The van der Waals surface area contributed by atoms with E-state index in [0.717, 1.165) is 19.3 Å². The fourth-order valence-corrected chi connectivity index (χ4v) is 1.55. The molecular weight excluding hydrogens is 160 g/mol. The molecule has 0 aliphatic heterocycles. The Labute approximate surface area is 82.5 Å². The molecular formula is C12H22O. The summed E-state index contributed by atoms with van der Waals surface area (Å²) in [5.41, 5.74) is 0. The van der Waals surface area contributed by atoms with Crippen LogP contribution >= 0.6 is 0 Å². The highest BCUT2D eigenvalue weighted by Gasteiger charge is 2.05. The fraction of sp³-hybridized carbons (Fsp3) is 0.833. The molecule has 0 aliphatic rings. The van der Waals surface area contributed by atoms with Crippen LogP contribution in [0.25, 0.3) is 0 Å². The summed E-state index contributed by atoms with van der Waals surface area (Å²) < 4.78 is 0. The minimum atomic E-state index is 0.316. The SMILES string of the molecule is C#CCC(CCCC)CCCCO. The van der Waals surface area contributed by atoms with Crippen molar-refractivity contribution in [3.8, 4) is 12.3 Å². The Kier molecular flexibility index (Phi) is 9.25. The molecule has 0 aliphatic carbocycles. The second-order valence-electron chi connectivity index (χ2n) is 3.64. The van der Waals surface area contributed by atoms with Gasteiger partial charge in [0, 0.05) is 13.0 Å². The Hall–Kier alpha value is -0.480. The number of aliphatic hydroxyl groups is 1. The molecule has 0 fully saturated rings. The number of hydrogen-bond donors (Lipinski definition) is 1. The average molecular weight is 182 g/mol. The summed E-state index contributed by atoms with van der Waals surface area (Å²) >= 11 is 0. The van der Waals surface area contributed by atoms with E-state index in [9.17, 15) is 0 Å². The van der Waals surface area contributed by atoms with Crippen LogP contribution in [0.5, 0.6) is 0 Å². The van der Waals surface area contributed by atoms with Gasteiger partial charge in [-0.25, -0.2) is 0 Å². The van der Waals surface area contributed by atoms with Crippen molar-refractivity contribution in [2.75, 3.05) is 6.61 Å². The van der Waals surface area contributed by atoms with Crippen molar-refractivity contribution in [1.82, 2.24) is 0 Å². The van der Waals surface area contributed by atoms with Crippen LogP contribution in [0, 0.1) is 18.3 Å². The maximum Gasteiger partial charge on any atom is 0.0431 e. The van der Waals surface area contributed by atoms with E-state index in [0.29, 0.717) is 12.5 Å². The lowest BCUT2D eigenvalue weighted by Crippen LogP contribution is -2.00. The highest BCUT2D eigenvalue weighted by molar-refractivity contribution is 4.86. The first-order chi connectivity index (χ1) is 6.35. The standard InChI is InChI=1S/C12H22O/c1-3-5-9-12(8-4-2)10-6-7-11-13/h2,12-13H,3,5-11H2,1H3. The third-order valence-corrected chi connectivity index (χ3v) is 2.39. The molecule has 0 bridgehead atoms. The van der Waals surface area contributed by atoms with Crippen LogP contribution in [0.15, 0.2) is 0 Å². The van der Waals surface area contributed by atoms with Gasteiger partial charge < -0.3 is 5.11 Å². The number of hydrogen-bond acceptors (Lipinski definition) is 1. The molecule has 0 aromatic heterocycles. The van der Waals surface area contributed by atoms with Crippen LogP contribution in [0.3, 0.4) is 0 Å². The van der Waals surface area contributed by atoms with Crippen LogP contribution in [0.1, 0.15) is 51.9 Å². The largest absolute Gasteiger partial charge is 0.396 e. The molecule has 0 spiro atoms. The van der Waals surface area contributed by atoms with Crippen molar-refractivity contribution in [2.24, 2.45) is 5.92 Å². The quantitative estimate of drug-likeness (QED) is 0.452. The minimum absolute atomic E-state index is 0.316. The van der Waals surface area contributed by atoms with Gasteiger partial charge in [0.25, 0.3) is 0 Å². The van der Waals surface area contributed by atoms with Crippen molar-refractivity contribution in [3.63, 3.8) is 0 Å². The lowest BCUT2D eigenvalue weighted by Gasteiger charge is -2.12. The monoisotopic (exact) mass is 182 g/mol. The summed E-state index contributed by atoms with van der Waals surface area (Å²) in [6.45, 7) is 2.53. The molecule has 0 saturated carbocycles. The van der Waals surface area contributed by atoms with Crippen LogP contribution in [-0.4, -0.2) is 11.7 Å². The van der Waals surface area contributed by atoms with Crippen molar-refractivity contribution in [1.29, 1.82) is 0 Å². The van der Waals surface area contributed by atoms with Gasteiger partial charge in [0.1, 0.15) is 0 Å². The molecule has 1 N–H and O–H groups in total. The zero-order valence-corrected chi connectivity index (χ0v) is 8.76. The van der Waals surface area contributed by atoms with E-state index in [-0.39, 0.29) is 0 Å². The summed E-state index contributed by atoms with van der Waals surface area (Å²) in [5.74, 6) is 3.43. The number of unbranched alkanes of at least 4 members (excludes halogenated alkanes) is 2. The maximum absolute atomic E-state index is 8.64. The van der Waals surface area contributed by atoms with E-state index in [1.54, 1.807) is 0 Å². The molecule has 1 heteroatoms. The van der Waals surface area contributed by atoms with Gasteiger partial charge in [-0.3, -0.25) is 0 Å². The summed E-state index contributed by atoms with van der Waals surface area (Å²) in [4.78, 5) is 0. The van der Waals surface area contributed by atoms with Crippen molar-refractivity contribution < 1.29 is 5.11 Å². The Bertz CT molecular complexity index is 135. The van der Waals surface area contributed by atoms with Gasteiger partial charge in [-0.2, -0.15) is 0 Å². The first-order valence-electron chi connectivity index (χ1n) is 5.39. The molecule has 13 heavy (non-hydrogen) atoms. The van der Waals surface area contributed by atoms with Gasteiger partial charge in [-0.1, -0.05) is 26.2 Å². The van der Waals surface area contributed by atoms with E-state index in [1.165, 1.54) is 25.7 Å². The molecule has 0 aromatic rings. The predicted octanol–water partition coefficient (Wildman–Crippen LogP) is 2.98. The normalized spacial score (nSPS) is 12.4. The Balaban J connectivity index is 3.48. The van der Waals surface area contributed by atoms with E-state index < -0.39 is 0 Å². The first kappa shape index (κ1) is 12.5. The molecule has 1 nitrogen and oxygen atoms in total. The summed E-state index contributed by atoms with van der Waals surface area (Å²) in [6, 6.07) is 0. The lowest BCUT2D eigenvalue weighted by atomic mass is 9.93. The Morgan fingerprint density at radius 1 is 1.23 bits per heavy atom. The minimum Gasteiger partial charge on any atom is -0.396 e. The molecule has 0 heterocycles. The molecule has 76 valence electrons. The van der Waals surface area contributed by atoms with Gasteiger partial charge >= 0.3 is 0 Å². The van der Waals surface area contributed by atoms with E-state index >= 15 is 0 Å². The Morgan fingerprint density at radius 3 is 2.46 bits per heavy atom. The van der Waals surface area contributed by atoms with Crippen molar-refractivity contribution in [2.45, 2.75) is 51.9 Å². The summed E-state index contributed by atoms with van der Waals surface area (Å²) in [5, 5.41) is 8.64. The van der Waals surface area contributed by atoms with E-state index in [4.69, 9.17) is 11.5 Å². The highest BCUT2D eigenvalue weighted by atomic mass is 16.2. The predicted molar refractivity (Wildman–Crippen MR) is 57.4 cm³/mol. The number of rotatable bonds is 8. The van der Waals surface area contributed by atoms with E-state index in [2.05, 4.69) is 12.8 Å². The second kappa shape index (κ2) is 9.61. The molecule has 0 radical (unpaired) electrons. The molecule has 0 aromatic carbocycles. The Morgan fingerprint density at radius 2 is 1.92 bits per heavy atom. The average Bonchev–Trinajstić information content (AvgIpc) is 2.14. The molecule has 1 atom stereocenters. The number of terminal acetylenes is 1. The van der Waals surface area contributed by atoms with Crippen LogP contribution in [-0.2, 0) is 0 Å². The van der Waals surface area contributed by atoms with Crippen molar-refractivity contribution in [3.05, 3.63) is 0 Å². The zero-order valence-electron chi connectivity index (χ0n) is 8.76. The zero-order chi connectivity index (χ0) is 9.94. The summed E-state index contributed by atoms with van der Waals surface area (Å²) in [6.07, 6.45) is 13.2. The van der Waals surface area contributed by atoms with Gasteiger partial charge in [-0.15, -0.1) is 12.3 Å². The smallest absolute Gasteiger partial charge is 0.0431 e. The van der Waals surface area contributed by atoms with Gasteiger partial charge in [-0.05, 0) is 25.2 Å². The van der Waals surface area contributed by atoms with Gasteiger partial charge in [0.15, 0.2) is 0 Å². The fourth-order valence-electron chi connectivity index (χ4n) is 1.55. The molecule has 0 saturated heterocycles. The van der Waals surface area contributed by atoms with Crippen LogP contribution in [0.4, 0.5) is 0 Å².